The van der Waals surface area contributed by atoms with Crippen LogP contribution in [0.25, 0.3) is 0 Å². The Morgan fingerprint density at radius 2 is 2.00 bits per heavy atom. The molecule has 1 aliphatic carbocycles. The molecule has 1 unspecified atom stereocenters. The van der Waals surface area contributed by atoms with Crippen molar-refractivity contribution in [1.82, 2.24) is 10.2 Å². The Morgan fingerprint density at radius 1 is 1.29 bits per heavy atom. The molecule has 1 heterocycles. The highest BCUT2D eigenvalue weighted by molar-refractivity contribution is 7.16. The zero-order chi connectivity index (χ0) is 15.7. The second-order valence-electron chi connectivity index (χ2n) is 7.32. The van der Waals surface area contributed by atoms with Crippen molar-refractivity contribution in [3.05, 3.63) is 0 Å². The first-order valence-corrected chi connectivity index (χ1v) is 11.3. The first-order valence-electron chi connectivity index (χ1n) is 7.58. The fraction of sp³-hybridized carbons (Fsp3) is 0.857. The Kier molecular flexibility index (Phi) is 4.95. The van der Waals surface area contributed by atoms with Crippen LogP contribution in [0.15, 0.2) is 0 Å². The Labute approximate surface area is 132 Å². The van der Waals surface area contributed by atoms with Gasteiger partial charge in [0.25, 0.3) is 5.19 Å². The summed E-state index contributed by atoms with van der Waals surface area (Å²) in [6.07, 6.45) is 3.83. The predicted octanol–water partition coefficient (Wildman–Crippen LogP) is 3.69. The summed E-state index contributed by atoms with van der Waals surface area (Å²) in [6, 6.07) is 0. The first kappa shape index (κ1) is 16.7. The largest absolute Gasteiger partial charge is 0.469 e. The molecule has 0 amide bonds. The summed E-state index contributed by atoms with van der Waals surface area (Å²) in [5, 5.41) is 8.93. The van der Waals surface area contributed by atoms with Gasteiger partial charge in [-0.15, -0.1) is 5.10 Å². The molecule has 0 aliphatic heterocycles. The topological polar surface area (TPSA) is 70.3 Å². The monoisotopic (exact) mass is 329 g/mol. The lowest BCUT2D eigenvalue weighted by Gasteiger charge is -2.39. The van der Waals surface area contributed by atoms with Gasteiger partial charge in [0.05, 0.1) is 12.7 Å². The molecule has 2 atom stereocenters. The lowest BCUT2D eigenvalue weighted by Crippen LogP contribution is -2.45. The molecule has 21 heavy (non-hydrogen) atoms. The fourth-order valence-electron chi connectivity index (χ4n) is 2.36. The zero-order valence-electron chi connectivity index (χ0n) is 13.7. The summed E-state index contributed by atoms with van der Waals surface area (Å²) >= 11 is 1.29. The highest BCUT2D eigenvalue weighted by Gasteiger charge is 2.42. The average molecular weight is 330 g/mol. The summed E-state index contributed by atoms with van der Waals surface area (Å²) in [4.78, 5) is 0. The summed E-state index contributed by atoms with van der Waals surface area (Å²) < 4.78 is 12.3. The van der Waals surface area contributed by atoms with Gasteiger partial charge in [-0.05, 0) is 42.3 Å². The van der Waals surface area contributed by atoms with E-state index in [4.69, 9.17) is 14.9 Å². The molecule has 7 heteroatoms. The molecule has 120 valence electrons. The van der Waals surface area contributed by atoms with Gasteiger partial charge in [-0.2, -0.15) is 0 Å². The van der Waals surface area contributed by atoms with Crippen LogP contribution in [-0.4, -0.2) is 31.2 Å². The maximum absolute atomic E-state index is 6.57. The van der Waals surface area contributed by atoms with Crippen LogP contribution in [0, 0.1) is 5.92 Å². The van der Waals surface area contributed by atoms with Gasteiger partial charge in [0, 0.05) is 5.92 Å². The fourth-order valence-corrected chi connectivity index (χ4v) is 4.25. The van der Waals surface area contributed by atoms with Crippen LogP contribution in [0.4, 0.5) is 5.13 Å². The van der Waals surface area contributed by atoms with Crippen LogP contribution < -0.4 is 10.5 Å². The van der Waals surface area contributed by atoms with Gasteiger partial charge in [-0.25, -0.2) is 0 Å². The number of anilines is 1. The van der Waals surface area contributed by atoms with Gasteiger partial charge in [-0.1, -0.05) is 32.3 Å². The Hall–Kier alpha value is -0.663. The highest BCUT2D eigenvalue weighted by Crippen LogP contribution is 2.41. The second-order valence-corrected chi connectivity index (χ2v) is 13.1. The number of rotatable bonds is 5. The van der Waals surface area contributed by atoms with Gasteiger partial charge < -0.3 is 14.9 Å². The van der Waals surface area contributed by atoms with Crippen molar-refractivity contribution in [2.75, 3.05) is 12.3 Å². The molecule has 1 aromatic rings. The van der Waals surface area contributed by atoms with E-state index < -0.39 is 8.32 Å². The van der Waals surface area contributed by atoms with E-state index in [0.29, 0.717) is 29.0 Å². The van der Waals surface area contributed by atoms with E-state index in [1.54, 1.807) is 0 Å². The third-order valence-electron chi connectivity index (χ3n) is 4.68. The number of aromatic nitrogens is 2. The minimum absolute atomic E-state index is 0.245. The number of nitrogens with two attached hydrogens (primary N) is 1. The summed E-state index contributed by atoms with van der Waals surface area (Å²) in [7, 11) is -1.72. The van der Waals surface area contributed by atoms with Crippen molar-refractivity contribution < 1.29 is 9.16 Å². The smallest absolute Gasteiger partial charge is 0.295 e. The molecular weight excluding hydrogens is 302 g/mol. The Balaban J connectivity index is 1.91. The lowest BCUT2D eigenvalue weighted by molar-refractivity contribution is 0.106. The molecule has 0 saturated heterocycles. The quantitative estimate of drug-likeness (QED) is 0.834. The van der Waals surface area contributed by atoms with Crippen LogP contribution >= 0.6 is 11.3 Å². The molecule has 1 aliphatic rings. The van der Waals surface area contributed by atoms with E-state index in [-0.39, 0.29) is 5.04 Å². The molecule has 2 rings (SSSR count). The van der Waals surface area contributed by atoms with Crippen LogP contribution in [-0.2, 0) is 4.43 Å². The van der Waals surface area contributed by atoms with Crippen LogP contribution in [0.2, 0.25) is 18.1 Å². The number of hydrogen-bond acceptors (Lipinski definition) is 6. The third kappa shape index (κ3) is 4.17. The first-order chi connectivity index (χ1) is 9.69. The lowest BCUT2D eigenvalue weighted by atomic mass is 10.1. The normalized spacial score (nSPS) is 23.5. The molecule has 0 radical (unpaired) electrons. The van der Waals surface area contributed by atoms with Crippen LogP contribution in [0.1, 0.15) is 40.0 Å². The van der Waals surface area contributed by atoms with E-state index >= 15 is 0 Å². The number of nitrogen functional groups attached to an aromatic ring is 1. The minimum Gasteiger partial charge on any atom is -0.469 e. The molecule has 1 saturated carbocycles. The molecule has 0 bridgehead atoms. The third-order valence-corrected chi connectivity index (χ3v) is 9.85. The Bertz CT molecular complexity index is 473. The minimum atomic E-state index is -1.72. The van der Waals surface area contributed by atoms with E-state index in [2.05, 4.69) is 44.1 Å². The maximum atomic E-state index is 6.57. The Morgan fingerprint density at radius 3 is 2.57 bits per heavy atom. The maximum Gasteiger partial charge on any atom is 0.295 e. The molecule has 0 aromatic carbocycles. The number of ether oxygens (including phenoxy) is 1. The van der Waals surface area contributed by atoms with Crippen molar-refractivity contribution in [1.29, 1.82) is 0 Å². The molecule has 1 fully saturated rings. The van der Waals surface area contributed by atoms with E-state index in [1.807, 2.05) is 0 Å². The molecule has 5 nitrogen and oxygen atoms in total. The number of nitrogens with zero attached hydrogens (tertiary/aromatic N) is 2. The average Bonchev–Trinajstić information content (AvgIpc) is 2.94. The van der Waals surface area contributed by atoms with E-state index in [0.717, 1.165) is 12.8 Å². The highest BCUT2D eigenvalue weighted by atomic mass is 32.1. The molecular formula is C14H27N3O2SSi. The summed E-state index contributed by atoms with van der Waals surface area (Å²) in [6.45, 7) is 12.1. The zero-order valence-corrected chi connectivity index (χ0v) is 15.5. The van der Waals surface area contributed by atoms with Crippen LogP contribution in [0.3, 0.4) is 0 Å². The van der Waals surface area contributed by atoms with Crippen LogP contribution in [0.5, 0.6) is 5.19 Å². The number of hydrogen-bond donors (Lipinski definition) is 1. The van der Waals surface area contributed by atoms with Gasteiger partial charge in [0.1, 0.15) is 0 Å². The van der Waals surface area contributed by atoms with Crippen molar-refractivity contribution in [3.63, 3.8) is 0 Å². The van der Waals surface area contributed by atoms with Crippen molar-refractivity contribution >= 4 is 24.8 Å². The van der Waals surface area contributed by atoms with Gasteiger partial charge in [0.15, 0.2) is 8.32 Å². The standard InChI is InChI=1S/C14H27N3O2SSi/c1-14(2,3)21(4,5)19-11-8-6-7-10(11)9-18-13-17-16-12(15)20-13/h10-11H,6-9H2,1-5H3,(H2,15,16)/t10-,11?/m0/s1. The van der Waals surface area contributed by atoms with E-state index in [1.165, 1.54) is 17.8 Å². The van der Waals surface area contributed by atoms with Crippen molar-refractivity contribution in [3.8, 4) is 5.19 Å². The second kappa shape index (κ2) is 6.22. The van der Waals surface area contributed by atoms with Gasteiger partial charge >= 0.3 is 0 Å². The van der Waals surface area contributed by atoms with Gasteiger partial charge in [0.2, 0.25) is 5.13 Å². The van der Waals surface area contributed by atoms with Gasteiger partial charge in [-0.3, -0.25) is 0 Å². The molecule has 1 aromatic heterocycles. The summed E-state index contributed by atoms with van der Waals surface area (Å²) in [5.74, 6) is 0.448. The predicted molar refractivity (Wildman–Crippen MR) is 89.2 cm³/mol. The van der Waals surface area contributed by atoms with Crippen molar-refractivity contribution in [2.24, 2.45) is 5.92 Å². The van der Waals surface area contributed by atoms with Crippen molar-refractivity contribution in [2.45, 2.75) is 64.3 Å². The molecule has 0 spiro atoms. The summed E-state index contributed by atoms with van der Waals surface area (Å²) in [5.41, 5.74) is 5.57. The van der Waals surface area contributed by atoms with E-state index in [9.17, 15) is 0 Å². The molecule has 2 N–H and O–H groups in total. The SMILES string of the molecule is CC(C)(C)[Si](C)(C)OC1CCC[C@H]1COc1nnc(N)s1.